The Morgan fingerprint density at radius 3 is 1.19 bits per heavy atom. The zero-order chi connectivity index (χ0) is 26.4. The summed E-state index contributed by atoms with van der Waals surface area (Å²) in [6, 6.07) is 31.1. The first-order chi connectivity index (χ1) is 17.9. The first-order valence-electron chi connectivity index (χ1n) is 12.4. The highest BCUT2D eigenvalue weighted by atomic mass is 16.2. The van der Waals surface area contributed by atoms with Gasteiger partial charge in [0.05, 0.1) is 22.8 Å². The van der Waals surface area contributed by atoms with Crippen LogP contribution in [-0.2, 0) is 0 Å². The number of hydrogen-bond donors (Lipinski definition) is 0. The van der Waals surface area contributed by atoms with Crippen LogP contribution in [0.25, 0.3) is 45.0 Å². The van der Waals surface area contributed by atoms with Gasteiger partial charge in [0.1, 0.15) is 0 Å². The molecule has 0 aliphatic rings. The molecule has 37 heavy (non-hydrogen) atoms. The van der Waals surface area contributed by atoms with Crippen molar-refractivity contribution in [3.8, 4) is 45.0 Å². The van der Waals surface area contributed by atoms with Gasteiger partial charge in [0.2, 0.25) is 11.8 Å². The lowest BCUT2D eigenvalue weighted by atomic mass is 10.0. The first kappa shape index (κ1) is 25.5. The molecule has 0 saturated carbocycles. The SMILES string of the molecule is CC(=O)n1nc(-c2ccc(-c3cc(-c4ccccc4)n(C(C)=O)n3)cc2)cc1-c1ccccc1.CCC. The summed E-state index contributed by atoms with van der Waals surface area (Å²) in [5, 5.41) is 9.09. The molecular weight excluding hydrogens is 460 g/mol. The van der Waals surface area contributed by atoms with Gasteiger partial charge in [0.25, 0.3) is 0 Å². The fourth-order valence-corrected chi connectivity index (χ4v) is 3.97. The Morgan fingerprint density at radius 2 is 0.892 bits per heavy atom. The predicted octanol–water partition coefficient (Wildman–Crippen LogP) is 7.48. The second-order valence-corrected chi connectivity index (χ2v) is 8.71. The fraction of sp³-hybridized carbons (Fsp3) is 0.161. The molecule has 0 saturated heterocycles. The van der Waals surface area contributed by atoms with Gasteiger partial charge < -0.3 is 0 Å². The minimum Gasteiger partial charge on any atom is -0.273 e. The Kier molecular flexibility index (Phi) is 7.89. The van der Waals surface area contributed by atoms with Crippen LogP contribution in [0.1, 0.15) is 43.7 Å². The van der Waals surface area contributed by atoms with Crippen molar-refractivity contribution in [2.24, 2.45) is 0 Å². The molecule has 2 heterocycles. The summed E-state index contributed by atoms with van der Waals surface area (Å²) in [6.07, 6.45) is 1.25. The number of nitrogens with zero attached hydrogens (tertiary/aromatic N) is 4. The Bertz CT molecular complexity index is 1380. The summed E-state index contributed by atoms with van der Waals surface area (Å²) in [7, 11) is 0. The Morgan fingerprint density at radius 1 is 0.568 bits per heavy atom. The Balaban J connectivity index is 0.00000102. The summed E-state index contributed by atoms with van der Waals surface area (Å²) in [6.45, 7) is 7.25. The number of aromatic nitrogens is 4. The molecule has 5 aromatic rings. The lowest BCUT2D eigenvalue weighted by molar-refractivity contribution is 0.0915. The minimum atomic E-state index is -0.148. The van der Waals surface area contributed by atoms with Gasteiger partial charge in [0.15, 0.2) is 0 Å². The number of hydrogen-bond acceptors (Lipinski definition) is 4. The van der Waals surface area contributed by atoms with Crippen LogP contribution in [0.4, 0.5) is 0 Å². The highest BCUT2D eigenvalue weighted by Crippen LogP contribution is 2.30. The maximum Gasteiger partial charge on any atom is 0.244 e. The molecule has 186 valence electrons. The molecule has 2 aromatic heterocycles. The van der Waals surface area contributed by atoms with Gasteiger partial charge in [-0.25, -0.2) is 0 Å². The van der Waals surface area contributed by atoms with Gasteiger partial charge in [-0.3, -0.25) is 9.59 Å². The molecule has 0 fully saturated rings. The Labute approximate surface area is 217 Å². The van der Waals surface area contributed by atoms with Crippen LogP contribution in [0.3, 0.4) is 0 Å². The van der Waals surface area contributed by atoms with Crippen molar-refractivity contribution in [2.45, 2.75) is 34.1 Å². The van der Waals surface area contributed by atoms with Crippen molar-refractivity contribution in [2.75, 3.05) is 0 Å². The summed E-state index contributed by atoms with van der Waals surface area (Å²) in [5.41, 5.74) is 6.54. The van der Waals surface area contributed by atoms with Crippen LogP contribution in [0.15, 0.2) is 97.1 Å². The van der Waals surface area contributed by atoms with Gasteiger partial charge in [-0.2, -0.15) is 19.6 Å². The molecule has 3 aromatic carbocycles. The third-order valence-electron chi connectivity index (χ3n) is 5.63. The second-order valence-electron chi connectivity index (χ2n) is 8.71. The number of carbonyl (C=O) groups is 2. The molecular formula is C31H30N4O2. The zero-order valence-electron chi connectivity index (χ0n) is 21.6. The highest BCUT2D eigenvalue weighted by molar-refractivity contribution is 5.85. The minimum absolute atomic E-state index is 0.148. The van der Waals surface area contributed by atoms with Crippen molar-refractivity contribution in [3.05, 3.63) is 97.1 Å². The van der Waals surface area contributed by atoms with Crippen LogP contribution in [0.5, 0.6) is 0 Å². The zero-order valence-corrected chi connectivity index (χ0v) is 21.6. The summed E-state index contributed by atoms with van der Waals surface area (Å²) in [5.74, 6) is -0.296. The van der Waals surface area contributed by atoms with E-state index in [4.69, 9.17) is 0 Å². The quantitative estimate of drug-likeness (QED) is 0.262. The number of benzene rings is 3. The molecule has 6 nitrogen and oxygen atoms in total. The highest BCUT2D eigenvalue weighted by Gasteiger charge is 2.16. The van der Waals surface area contributed by atoms with Gasteiger partial charge in [-0.1, -0.05) is 105 Å². The van der Waals surface area contributed by atoms with Crippen molar-refractivity contribution >= 4 is 11.8 Å². The predicted molar refractivity (Wildman–Crippen MR) is 148 cm³/mol. The van der Waals surface area contributed by atoms with Gasteiger partial charge in [-0.15, -0.1) is 0 Å². The lowest BCUT2D eigenvalue weighted by Crippen LogP contribution is -2.09. The van der Waals surface area contributed by atoms with Gasteiger partial charge in [0, 0.05) is 36.1 Å². The molecule has 0 amide bonds. The molecule has 0 radical (unpaired) electrons. The van der Waals surface area contributed by atoms with E-state index in [0.29, 0.717) is 11.4 Å². The van der Waals surface area contributed by atoms with Gasteiger partial charge in [-0.05, 0) is 12.1 Å². The van der Waals surface area contributed by atoms with Crippen molar-refractivity contribution < 1.29 is 9.59 Å². The van der Waals surface area contributed by atoms with E-state index in [0.717, 1.165) is 33.6 Å². The van der Waals surface area contributed by atoms with Crippen LogP contribution < -0.4 is 0 Å². The van der Waals surface area contributed by atoms with E-state index in [2.05, 4.69) is 24.0 Å². The molecule has 0 N–H and O–H groups in total. The summed E-state index contributed by atoms with van der Waals surface area (Å²) >= 11 is 0. The molecule has 0 spiro atoms. The van der Waals surface area contributed by atoms with E-state index in [1.807, 2.05) is 97.1 Å². The van der Waals surface area contributed by atoms with E-state index in [1.54, 1.807) is 0 Å². The third-order valence-corrected chi connectivity index (χ3v) is 5.63. The van der Waals surface area contributed by atoms with E-state index >= 15 is 0 Å². The normalized spacial score (nSPS) is 10.5. The van der Waals surface area contributed by atoms with Crippen LogP contribution in [-0.4, -0.2) is 31.4 Å². The lowest BCUT2D eigenvalue weighted by Gasteiger charge is -2.02. The summed E-state index contributed by atoms with van der Waals surface area (Å²) < 4.78 is 2.86. The van der Waals surface area contributed by atoms with Crippen molar-refractivity contribution in [1.82, 2.24) is 19.6 Å². The molecule has 0 unspecified atom stereocenters. The largest absolute Gasteiger partial charge is 0.273 e. The van der Waals surface area contributed by atoms with Crippen LogP contribution in [0.2, 0.25) is 0 Å². The fourth-order valence-electron chi connectivity index (χ4n) is 3.97. The van der Waals surface area contributed by atoms with E-state index < -0.39 is 0 Å². The monoisotopic (exact) mass is 490 g/mol. The molecule has 0 aliphatic carbocycles. The van der Waals surface area contributed by atoms with E-state index in [9.17, 15) is 9.59 Å². The molecule has 5 rings (SSSR count). The average Bonchev–Trinajstić information content (AvgIpc) is 3.56. The number of rotatable bonds is 4. The van der Waals surface area contributed by atoms with Crippen molar-refractivity contribution in [3.63, 3.8) is 0 Å². The van der Waals surface area contributed by atoms with Gasteiger partial charge >= 0.3 is 0 Å². The maximum atomic E-state index is 12.2. The maximum absolute atomic E-state index is 12.2. The first-order valence-corrected chi connectivity index (χ1v) is 12.4. The van der Waals surface area contributed by atoms with Crippen molar-refractivity contribution in [1.29, 1.82) is 0 Å². The van der Waals surface area contributed by atoms with Crippen LogP contribution >= 0.6 is 0 Å². The molecule has 6 heteroatoms. The molecule has 0 bridgehead atoms. The summed E-state index contributed by atoms with van der Waals surface area (Å²) in [4.78, 5) is 24.4. The van der Waals surface area contributed by atoms with Crippen LogP contribution in [0, 0.1) is 0 Å². The molecule has 0 aliphatic heterocycles. The topological polar surface area (TPSA) is 69.8 Å². The average molecular weight is 491 g/mol. The standard InChI is InChI=1S/C28H22N4O2.C3H8/c1-19(33)31-27(23-9-5-3-6-10-23)17-25(29-31)21-13-15-22(16-14-21)26-18-28(32(30-26)20(2)34)24-11-7-4-8-12-24;1-3-2/h3-18H,1-2H3;3H2,1-2H3. The second kappa shape index (κ2) is 11.4. The number of carbonyl (C=O) groups excluding carboxylic acids is 2. The molecule has 0 atom stereocenters. The van der Waals surface area contributed by atoms with E-state index in [1.165, 1.54) is 29.6 Å². The smallest absolute Gasteiger partial charge is 0.244 e. The third kappa shape index (κ3) is 5.64. The Hall–Kier alpha value is -4.58. The van der Waals surface area contributed by atoms with E-state index in [-0.39, 0.29) is 11.8 Å².